The molecular formula is C27H31N3O3. The van der Waals surface area contributed by atoms with Crippen LogP contribution in [0.3, 0.4) is 0 Å². The molecule has 1 saturated heterocycles. The number of anilines is 1. The Kier molecular flexibility index (Phi) is 6.18. The minimum Gasteiger partial charge on any atom is -0.492 e. The largest absolute Gasteiger partial charge is 0.492 e. The van der Waals surface area contributed by atoms with Gasteiger partial charge in [0.15, 0.2) is 6.61 Å². The van der Waals surface area contributed by atoms with Crippen LogP contribution >= 0.6 is 0 Å². The molecule has 0 radical (unpaired) electrons. The van der Waals surface area contributed by atoms with Crippen LogP contribution in [0.15, 0.2) is 48.5 Å². The second kappa shape index (κ2) is 9.40. The maximum absolute atomic E-state index is 11.9. The molecule has 0 atom stereocenters. The molecule has 5 rings (SSSR count). The molecule has 3 aromatic rings. The molecule has 33 heavy (non-hydrogen) atoms. The number of amides is 1. The summed E-state index contributed by atoms with van der Waals surface area (Å²) in [6, 6.07) is 16.3. The van der Waals surface area contributed by atoms with Crippen molar-refractivity contribution in [3.63, 3.8) is 0 Å². The lowest BCUT2D eigenvalue weighted by molar-refractivity contribution is -0.121. The van der Waals surface area contributed by atoms with Crippen LogP contribution in [0.1, 0.15) is 24.1 Å². The maximum atomic E-state index is 11.9. The zero-order chi connectivity index (χ0) is 22.8. The third kappa shape index (κ3) is 4.67. The van der Waals surface area contributed by atoms with E-state index in [0.29, 0.717) is 12.5 Å². The highest BCUT2D eigenvalue weighted by atomic mass is 16.5. The van der Waals surface area contributed by atoms with E-state index in [4.69, 9.17) is 9.47 Å². The van der Waals surface area contributed by atoms with Crippen molar-refractivity contribution < 1.29 is 14.3 Å². The number of rotatable bonds is 6. The molecule has 0 spiro atoms. The molecule has 0 N–H and O–H groups in total. The van der Waals surface area contributed by atoms with Gasteiger partial charge in [0.2, 0.25) is 0 Å². The Balaban J connectivity index is 1.13. The fraction of sp³-hybridized carbons (Fsp3) is 0.407. The number of ether oxygens (including phenoxy) is 2. The van der Waals surface area contributed by atoms with Crippen LogP contribution in [0.5, 0.6) is 11.5 Å². The van der Waals surface area contributed by atoms with Crippen molar-refractivity contribution in [1.29, 1.82) is 0 Å². The topological polar surface area (TPSA) is 54.9 Å². The van der Waals surface area contributed by atoms with Crippen LogP contribution < -0.4 is 14.4 Å². The molecule has 172 valence electrons. The summed E-state index contributed by atoms with van der Waals surface area (Å²) in [5.41, 5.74) is 4.10. The van der Waals surface area contributed by atoms with Gasteiger partial charge in [-0.25, -0.2) is 0 Å². The van der Waals surface area contributed by atoms with Gasteiger partial charge in [-0.3, -0.25) is 14.7 Å². The van der Waals surface area contributed by atoms with E-state index >= 15 is 0 Å². The summed E-state index contributed by atoms with van der Waals surface area (Å²) in [6.07, 6.45) is 3.32. The van der Waals surface area contributed by atoms with Crippen molar-refractivity contribution in [1.82, 2.24) is 9.88 Å². The van der Waals surface area contributed by atoms with E-state index in [1.165, 1.54) is 5.56 Å². The van der Waals surface area contributed by atoms with E-state index in [1.54, 1.807) is 4.90 Å². The SMILES string of the molecule is Cc1ccc2c(OCCN3CCC(Cc4cccc5c4OCC(=O)N5C)CC3)cccc2n1. The molecule has 6 nitrogen and oxygen atoms in total. The van der Waals surface area contributed by atoms with Crippen molar-refractivity contribution >= 4 is 22.5 Å². The highest BCUT2D eigenvalue weighted by molar-refractivity contribution is 5.97. The van der Waals surface area contributed by atoms with E-state index in [0.717, 1.165) is 72.7 Å². The van der Waals surface area contributed by atoms with Crippen LogP contribution in [0, 0.1) is 12.8 Å². The van der Waals surface area contributed by atoms with Crippen LogP contribution in [0.2, 0.25) is 0 Å². The average Bonchev–Trinajstić information content (AvgIpc) is 2.83. The molecular weight excluding hydrogens is 414 g/mol. The van der Waals surface area contributed by atoms with Crippen LogP contribution in [0.4, 0.5) is 5.69 Å². The molecule has 2 aromatic carbocycles. The number of carbonyl (C=O) groups excluding carboxylic acids is 1. The zero-order valence-electron chi connectivity index (χ0n) is 19.4. The van der Waals surface area contributed by atoms with Crippen LogP contribution in [-0.2, 0) is 11.2 Å². The monoisotopic (exact) mass is 445 g/mol. The summed E-state index contributed by atoms with van der Waals surface area (Å²) < 4.78 is 11.9. The molecule has 1 fully saturated rings. The van der Waals surface area contributed by atoms with Gasteiger partial charge in [-0.1, -0.05) is 18.2 Å². The number of likely N-dealkylation sites (N-methyl/N-ethyl adjacent to an activating group) is 1. The van der Waals surface area contributed by atoms with Gasteiger partial charge in [-0.05, 0) is 81.1 Å². The minimum absolute atomic E-state index is 0.00468. The molecule has 1 aromatic heterocycles. The summed E-state index contributed by atoms with van der Waals surface area (Å²) in [4.78, 5) is 20.7. The number of piperidine rings is 1. The molecule has 3 heterocycles. The van der Waals surface area contributed by atoms with E-state index in [1.807, 2.05) is 50.4 Å². The molecule has 2 aliphatic heterocycles. The summed E-state index contributed by atoms with van der Waals surface area (Å²) in [5, 5.41) is 1.07. The third-order valence-corrected chi connectivity index (χ3v) is 6.86. The second-order valence-corrected chi connectivity index (χ2v) is 9.12. The molecule has 0 saturated carbocycles. The summed E-state index contributed by atoms with van der Waals surface area (Å²) in [5.74, 6) is 2.43. The predicted molar refractivity (Wildman–Crippen MR) is 130 cm³/mol. The Bertz CT molecular complexity index is 1150. The zero-order valence-corrected chi connectivity index (χ0v) is 19.4. The first-order valence-corrected chi connectivity index (χ1v) is 11.8. The lowest BCUT2D eigenvalue weighted by Crippen LogP contribution is -2.37. The Morgan fingerprint density at radius 1 is 1.09 bits per heavy atom. The number of hydrogen-bond donors (Lipinski definition) is 0. The number of carbonyl (C=O) groups is 1. The molecule has 2 aliphatic rings. The lowest BCUT2D eigenvalue weighted by atomic mass is 9.89. The first-order chi connectivity index (χ1) is 16.1. The Labute approximate surface area is 195 Å². The Morgan fingerprint density at radius 3 is 2.76 bits per heavy atom. The first kappa shape index (κ1) is 21.7. The summed E-state index contributed by atoms with van der Waals surface area (Å²) in [6.45, 7) is 5.91. The van der Waals surface area contributed by atoms with Crippen LogP contribution in [0.25, 0.3) is 10.9 Å². The van der Waals surface area contributed by atoms with Crippen LogP contribution in [-0.4, -0.2) is 55.7 Å². The Morgan fingerprint density at radius 2 is 1.91 bits per heavy atom. The maximum Gasteiger partial charge on any atom is 0.264 e. The highest BCUT2D eigenvalue weighted by Gasteiger charge is 2.26. The number of aryl methyl sites for hydroxylation is 1. The molecule has 0 aliphatic carbocycles. The van der Waals surface area contributed by atoms with E-state index in [9.17, 15) is 4.79 Å². The van der Waals surface area contributed by atoms with Crippen molar-refractivity contribution in [2.45, 2.75) is 26.2 Å². The Hall–Kier alpha value is -3.12. The van der Waals surface area contributed by atoms with Crippen molar-refractivity contribution in [3.05, 3.63) is 59.8 Å². The number of hydrogen-bond acceptors (Lipinski definition) is 5. The summed E-state index contributed by atoms with van der Waals surface area (Å²) in [7, 11) is 1.82. The fourth-order valence-electron chi connectivity index (χ4n) is 4.89. The van der Waals surface area contributed by atoms with Gasteiger partial charge in [0.1, 0.15) is 18.1 Å². The van der Waals surface area contributed by atoms with Gasteiger partial charge in [0, 0.05) is 24.7 Å². The lowest BCUT2D eigenvalue weighted by Gasteiger charge is -2.33. The van der Waals surface area contributed by atoms with Gasteiger partial charge in [-0.15, -0.1) is 0 Å². The predicted octanol–water partition coefficient (Wildman–Crippen LogP) is 4.23. The molecule has 0 bridgehead atoms. The van der Waals surface area contributed by atoms with Gasteiger partial charge < -0.3 is 14.4 Å². The van der Waals surface area contributed by atoms with Crippen molar-refractivity contribution in [3.8, 4) is 11.5 Å². The third-order valence-electron chi connectivity index (χ3n) is 6.86. The van der Waals surface area contributed by atoms with E-state index < -0.39 is 0 Å². The number of para-hydroxylation sites is 1. The van der Waals surface area contributed by atoms with Gasteiger partial charge >= 0.3 is 0 Å². The molecule has 6 heteroatoms. The first-order valence-electron chi connectivity index (χ1n) is 11.8. The number of likely N-dealkylation sites (tertiary alicyclic amines) is 1. The van der Waals surface area contributed by atoms with Gasteiger partial charge in [0.25, 0.3) is 5.91 Å². The quantitative estimate of drug-likeness (QED) is 0.568. The normalized spacial score (nSPS) is 17.2. The molecule has 0 unspecified atom stereocenters. The highest BCUT2D eigenvalue weighted by Crippen LogP contribution is 2.37. The minimum atomic E-state index is 0.00468. The molecule has 1 amide bonds. The standard InChI is InChI=1S/C27H31N3O3/c1-19-9-10-22-23(28-19)6-4-8-25(22)32-16-15-30-13-11-20(12-14-30)17-21-5-3-7-24-27(21)33-18-26(31)29(24)2/h3-10,20H,11-18H2,1-2H3. The number of nitrogens with zero attached hydrogens (tertiary/aromatic N) is 3. The average molecular weight is 446 g/mol. The van der Waals surface area contributed by atoms with Crippen molar-refractivity contribution in [2.24, 2.45) is 5.92 Å². The smallest absolute Gasteiger partial charge is 0.264 e. The van der Waals surface area contributed by atoms with Gasteiger partial charge in [-0.2, -0.15) is 0 Å². The number of pyridine rings is 1. The van der Waals surface area contributed by atoms with E-state index in [-0.39, 0.29) is 12.5 Å². The number of aromatic nitrogens is 1. The number of fused-ring (bicyclic) bond motifs is 2. The fourth-order valence-corrected chi connectivity index (χ4v) is 4.89. The van der Waals surface area contributed by atoms with E-state index in [2.05, 4.69) is 22.0 Å². The number of benzene rings is 2. The van der Waals surface area contributed by atoms with Crippen molar-refractivity contribution in [2.75, 3.05) is 44.8 Å². The van der Waals surface area contributed by atoms with Gasteiger partial charge in [0.05, 0.1) is 11.2 Å². The summed E-state index contributed by atoms with van der Waals surface area (Å²) >= 11 is 0. The second-order valence-electron chi connectivity index (χ2n) is 9.12.